The summed E-state index contributed by atoms with van der Waals surface area (Å²) in [6.45, 7) is 2.76. The summed E-state index contributed by atoms with van der Waals surface area (Å²) in [6, 6.07) is 8.18. The summed E-state index contributed by atoms with van der Waals surface area (Å²) in [7, 11) is 0. The van der Waals surface area contributed by atoms with Crippen LogP contribution in [0.4, 0.5) is 5.95 Å². The van der Waals surface area contributed by atoms with Crippen LogP contribution in [0, 0.1) is 6.92 Å². The maximum absolute atomic E-state index is 5.77. The molecule has 0 atom stereocenters. The van der Waals surface area contributed by atoms with Crippen molar-refractivity contribution in [3.63, 3.8) is 0 Å². The van der Waals surface area contributed by atoms with Crippen LogP contribution in [-0.2, 0) is 6.54 Å². The SMILES string of the molecule is Cc1cnc(N)n1Cc1cccc(Br)c1. The van der Waals surface area contributed by atoms with E-state index in [0.29, 0.717) is 5.95 Å². The fraction of sp³-hybridized carbons (Fsp3) is 0.182. The second kappa shape index (κ2) is 4.06. The molecule has 2 rings (SSSR count). The summed E-state index contributed by atoms with van der Waals surface area (Å²) < 4.78 is 3.07. The lowest BCUT2D eigenvalue weighted by atomic mass is 10.2. The van der Waals surface area contributed by atoms with Crippen LogP contribution in [-0.4, -0.2) is 9.55 Å². The first-order valence-corrected chi connectivity index (χ1v) is 5.48. The first kappa shape index (κ1) is 10.2. The van der Waals surface area contributed by atoms with Crippen molar-refractivity contribution in [3.8, 4) is 0 Å². The minimum Gasteiger partial charge on any atom is -0.369 e. The van der Waals surface area contributed by atoms with Gasteiger partial charge in [0.15, 0.2) is 0 Å². The molecule has 1 aromatic heterocycles. The molecule has 3 nitrogen and oxygen atoms in total. The number of nitrogens with two attached hydrogens (primary N) is 1. The maximum Gasteiger partial charge on any atom is 0.200 e. The van der Waals surface area contributed by atoms with Gasteiger partial charge >= 0.3 is 0 Å². The van der Waals surface area contributed by atoms with E-state index < -0.39 is 0 Å². The van der Waals surface area contributed by atoms with Gasteiger partial charge in [-0.2, -0.15) is 0 Å². The van der Waals surface area contributed by atoms with E-state index in [1.165, 1.54) is 5.56 Å². The molecule has 0 spiro atoms. The Labute approximate surface area is 97.1 Å². The lowest BCUT2D eigenvalue weighted by molar-refractivity contribution is 0.782. The Hall–Kier alpha value is -1.29. The van der Waals surface area contributed by atoms with E-state index in [1.807, 2.05) is 23.6 Å². The third-order valence-corrected chi connectivity index (χ3v) is 2.81. The zero-order chi connectivity index (χ0) is 10.8. The molecule has 2 N–H and O–H groups in total. The number of hydrogen-bond donors (Lipinski definition) is 1. The smallest absolute Gasteiger partial charge is 0.200 e. The Balaban J connectivity index is 2.29. The highest BCUT2D eigenvalue weighted by molar-refractivity contribution is 9.10. The third kappa shape index (κ3) is 2.21. The zero-order valence-corrected chi connectivity index (χ0v) is 10.0. The topological polar surface area (TPSA) is 43.8 Å². The Bertz CT molecular complexity index is 457. The van der Waals surface area contributed by atoms with Gasteiger partial charge in [0.1, 0.15) is 0 Å². The van der Waals surface area contributed by atoms with Crippen LogP contribution in [0.25, 0.3) is 0 Å². The predicted molar refractivity (Wildman–Crippen MR) is 64.6 cm³/mol. The summed E-state index contributed by atoms with van der Waals surface area (Å²) >= 11 is 3.45. The molecule has 0 saturated carbocycles. The van der Waals surface area contributed by atoms with Crippen molar-refractivity contribution in [1.82, 2.24) is 9.55 Å². The normalized spacial score (nSPS) is 10.5. The van der Waals surface area contributed by atoms with Gasteiger partial charge in [-0.05, 0) is 24.6 Å². The molecule has 78 valence electrons. The number of hydrogen-bond acceptors (Lipinski definition) is 2. The molecule has 0 unspecified atom stereocenters. The van der Waals surface area contributed by atoms with E-state index in [1.54, 1.807) is 6.20 Å². The Kier molecular flexibility index (Phi) is 2.77. The molecule has 0 amide bonds. The summed E-state index contributed by atoms with van der Waals surface area (Å²) in [6.07, 6.45) is 1.79. The summed E-state index contributed by atoms with van der Waals surface area (Å²) in [5.41, 5.74) is 8.05. The van der Waals surface area contributed by atoms with E-state index in [9.17, 15) is 0 Å². The van der Waals surface area contributed by atoms with Gasteiger partial charge in [-0.15, -0.1) is 0 Å². The molecule has 2 aromatic rings. The highest BCUT2D eigenvalue weighted by Crippen LogP contribution is 2.15. The number of nitrogens with zero attached hydrogens (tertiary/aromatic N) is 2. The monoisotopic (exact) mass is 265 g/mol. The minimum atomic E-state index is 0.562. The van der Waals surface area contributed by atoms with Gasteiger partial charge in [0.2, 0.25) is 5.95 Å². The van der Waals surface area contributed by atoms with Crippen LogP contribution >= 0.6 is 15.9 Å². The first-order chi connectivity index (χ1) is 7.16. The molecule has 4 heteroatoms. The van der Waals surface area contributed by atoms with Crippen LogP contribution < -0.4 is 5.73 Å². The molecule has 0 bridgehead atoms. The van der Waals surface area contributed by atoms with Crippen molar-refractivity contribution in [2.24, 2.45) is 0 Å². The molecule has 0 aliphatic carbocycles. The van der Waals surface area contributed by atoms with Crippen LogP contribution in [0.5, 0.6) is 0 Å². The van der Waals surface area contributed by atoms with E-state index >= 15 is 0 Å². The fourth-order valence-electron chi connectivity index (χ4n) is 1.50. The molecular formula is C11H12BrN3. The summed E-state index contributed by atoms with van der Waals surface area (Å²) in [4.78, 5) is 4.06. The second-order valence-electron chi connectivity index (χ2n) is 3.47. The molecule has 0 radical (unpaired) electrons. The average molecular weight is 266 g/mol. The van der Waals surface area contributed by atoms with Crippen LogP contribution in [0.2, 0.25) is 0 Å². The minimum absolute atomic E-state index is 0.562. The van der Waals surface area contributed by atoms with Crippen molar-refractivity contribution in [3.05, 3.63) is 46.2 Å². The predicted octanol–water partition coefficient (Wildman–Crippen LogP) is 2.58. The van der Waals surface area contributed by atoms with E-state index in [4.69, 9.17) is 5.73 Å². The van der Waals surface area contributed by atoms with Crippen LogP contribution in [0.15, 0.2) is 34.9 Å². The number of benzene rings is 1. The number of aromatic nitrogens is 2. The van der Waals surface area contributed by atoms with E-state index in [0.717, 1.165) is 16.7 Å². The molecule has 0 aliphatic heterocycles. The van der Waals surface area contributed by atoms with E-state index in [-0.39, 0.29) is 0 Å². The van der Waals surface area contributed by atoms with Crippen molar-refractivity contribution >= 4 is 21.9 Å². The van der Waals surface area contributed by atoms with E-state index in [2.05, 4.69) is 33.0 Å². The molecule has 1 heterocycles. The first-order valence-electron chi connectivity index (χ1n) is 4.69. The lowest BCUT2D eigenvalue weighted by Crippen LogP contribution is -2.06. The number of halogens is 1. The summed E-state index contributed by atoms with van der Waals surface area (Å²) in [5, 5.41) is 0. The Morgan fingerprint density at radius 2 is 2.27 bits per heavy atom. The molecule has 0 saturated heterocycles. The molecule has 15 heavy (non-hydrogen) atoms. The fourth-order valence-corrected chi connectivity index (χ4v) is 1.95. The number of imidazole rings is 1. The average Bonchev–Trinajstić information content (AvgIpc) is 2.50. The number of rotatable bonds is 2. The molecule has 0 aliphatic rings. The lowest BCUT2D eigenvalue weighted by Gasteiger charge is -2.07. The van der Waals surface area contributed by atoms with Gasteiger partial charge in [-0.1, -0.05) is 28.1 Å². The largest absolute Gasteiger partial charge is 0.369 e. The molecule has 1 aromatic carbocycles. The highest BCUT2D eigenvalue weighted by Gasteiger charge is 2.03. The Morgan fingerprint density at radius 1 is 1.47 bits per heavy atom. The van der Waals surface area contributed by atoms with Crippen molar-refractivity contribution in [2.75, 3.05) is 5.73 Å². The van der Waals surface area contributed by atoms with Crippen LogP contribution in [0.1, 0.15) is 11.3 Å². The number of aryl methyl sites for hydroxylation is 1. The molecule has 0 fully saturated rings. The van der Waals surface area contributed by atoms with Gasteiger partial charge in [0, 0.05) is 10.2 Å². The quantitative estimate of drug-likeness (QED) is 0.907. The maximum atomic E-state index is 5.77. The van der Waals surface area contributed by atoms with Crippen molar-refractivity contribution in [2.45, 2.75) is 13.5 Å². The van der Waals surface area contributed by atoms with Gasteiger partial charge in [-0.25, -0.2) is 4.98 Å². The summed E-state index contributed by atoms with van der Waals surface area (Å²) in [5.74, 6) is 0.562. The zero-order valence-electron chi connectivity index (χ0n) is 8.44. The van der Waals surface area contributed by atoms with Crippen molar-refractivity contribution < 1.29 is 0 Å². The Morgan fingerprint density at radius 3 is 2.87 bits per heavy atom. The van der Waals surface area contributed by atoms with Gasteiger partial charge in [-0.3, -0.25) is 0 Å². The van der Waals surface area contributed by atoms with Gasteiger partial charge < -0.3 is 10.3 Å². The van der Waals surface area contributed by atoms with Gasteiger partial charge in [0.05, 0.1) is 12.7 Å². The number of nitrogen functional groups attached to an aromatic ring is 1. The van der Waals surface area contributed by atoms with Crippen molar-refractivity contribution in [1.29, 1.82) is 0 Å². The highest BCUT2D eigenvalue weighted by atomic mass is 79.9. The third-order valence-electron chi connectivity index (χ3n) is 2.32. The second-order valence-corrected chi connectivity index (χ2v) is 4.39. The van der Waals surface area contributed by atoms with Crippen LogP contribution in [0.3, 0.4) is 0 Å². The standard InChI is InChI=1S/C11H12BrN3/c1-8-6-14-11(13)15(8)7-9-3-2-4-10(12)5-9/h2-6H,7H2,1H3,(H2,13,14). The molecular weight excluding hydrogens is 254 g/mol. The van der Waals surface area contributed by atoms with Gasteiger partial charge in [0.25, 0.3) is 0 Å². The number of anilines is 1.